The van der Waals surface area contributed by atoms with Gasteiger partial charge in [0.1, 0.15) is 0 Å². The van der Waals surface area contributed by atoms with E-state index in [4.69, 9.17) is 0 Å². The molecule has 0 aromatic heterocycles. The van der Waals surface area contributed by atoms with Crippen LogP contribution in [0.4, 0.5) is 5.69 Å². The topological polar surface area (TPSA) is 61.4 Å². The molecule has 1 aliphatic rings. The Morgan fingerprint density at radius 3 is 2.43 bits per heavy atom. The van der Waals surface area contributed by atoms with Crippen molar-refractivity contribution in [2.75, 3.05) is 31.5 Å². The summed E-state index contributed by atoms with van der Waals surface area (Å²) in [5.74, 6) is 0.580. The third-order valence-corrected chi connectivity index (χ3v) is 3.90. The molecule has 0 aliphatic heterocycles. The molecule has 1 saturated carbocycles. The second-order valence-electron chi connectivity index (χ2n) is 5.65. The minimum atomic E-state index is -0.111. The fraction of sp³-hybridized carbons (Fsp3) is 0.529. The van der Waals surface area contributed by atoms with Crippen molar-refractivity contribution in [2.45, 2.75) is 26.7 Å². The lowest BCUT2D eigenvalue weighted by Gasteiger charge is -2.20. The number of carbonyl (C=O) groups is 2. The van der Waals surface area contributed by atoms with E-state index >= 15 is 0 Å². The third-order valence-electron chi connectivity index (χ3n) is 3.90. The Labute approximate surface area is 144 Å². The molecular formula is C17H26ClN3O2. The van der Waals surface area contributed by atoms with E-state index in [0.29, 0.717) is 24.3 Å². The van der Waals surface area contributed by atoms with Gasteiger partial charge in [-0.3, -0.25) is 9.59 Å². The van der Waals surface area contributed by atoms with E-state index in [1.165, 1.54) is 12.8 Å². The largest absolute Gasteiger partial charge is 0.339 e. The van der Waals surface area contributed by atoms with Crippen LogP contribution in [0, 0.1) is 5.92 Å². The molecule has 0 saturated heterocycles. The molecule has 0 spiro atoms. The van der Waals surface area contributed by atoms with E-state index in [9.17, 15) is 9.59 Å². The van der Waals surface area contributed by atoms with Crippen LogP contribution in [-0.2, 0) is 4.79 Å². The van der Waals surface area contributed by atoms with Crippen molar-refractivity contribution in [3.63, 3.8) is 0 Å². The lowest BCUT2D eigenvalue weighted by atomic mass is 10.1. The van der Waals surface area contributed by atoms with Gasteiger partial charge in [0, 0.05) is 13.1 Å². The van der Waals surface area contributed by atoms with Crippen molar-refractivity contribution in [2.24, 2.45) is 5.92 Å². The van der Waals surface area contributed by atoms with Gasteiger partial charge in [0.25, 0.3) is 5.91 Å². The van der Waals surface area contributed by atoms with Gasteiger partial charge in [0.2, 0.25) is 5.91 Å². The van der Waals surface area contributed by atoms with Gasteiger partial charge >= 0.3 is 0 Å². The van der Waals surface area contributed by atoms with Gasteiger partial charge in [-0.15, -0.1) is 12.4 Å². The first-order valence-corrected chi connectivity index (χ1v) is 8.04. The van der Waals surface area contributed by atoms with Crippen LogP contribution < -0.4 is 10.6 Å². The van der Waals surface area contributed by atoms with E-state index in [-0.39, 0.29) is 30.8 Å². The number of anilines is 1. The molecular weight excluding hydrogens is 314 g/mol. The molecule has 0 bridgehead atoms. The van der Waals surface area contributed by atoms with Gasteiger partial charge in [-0.05, 0) is 51.3 Å². The van der Waals surface area contributed by atoms with Gasteiger partial charge in [-0.2, -0.15) is 0 Å². The molecule has 5 nitrogen and oxygen atoms in total. The molecule has 2 amide bonds. The second-order valence-corrected chi connectivity index (χ2v) is 5.65. The molecule has 1 aromatic rings. The second kappa shape index (κ2) is 9.53. The Hall–Kier alpha value is -1.59. The molecule has 1 aliphatic carbocycles. The maximum Gasteiger partial charge on any atom is 0.255 e. The number of hydrogen-bond acceptors (Lipinski definition) is 3. The average Bonchev–Trinajstić information content (AvgIpc) is 3.33. The summed E-state index contributed by atoms with van der Waals surface area (Å²) in [6.45, 7) is 6.38. The number of carbonyl (C=O) groups excluding carboxylic acids is 2. The zero-order valence-electron chi connectivity index (χ0n) is 13.8. The number of amides is 2. The van der Waals surface area contributed by atoms with Gasteiger partial charge in [-0.25, -0.2) is 0 Å². The highest BCUT2D eigenvalue weighted by atomic mass is 35.5. The van der Waals surface area contributed by atoms with E-state index in [0.717, 1.165) is 12.5 Å². The average molecular weight is 340 g/mol. The zero-order valence-corrected chi connectivity index (χ0v) is 14.6. The number of nitrogens with one attached hydrogen (secondary N) is 2. The summed E-state index contributed by atoms with van der Waals surface area (Å²) in [4.78, 5) is 26.2. The molecule has 6 heteroatoms. The Morgan fingerprint density at radius 1 is 1.17 bits per heavy atom. The fourth-order valence-electron chi connectivity index (χ4n) is 2.37. The van der Waals surface area contributed by atoms with Gasteiger partial charge in [0.15, 0.2) is 0 Å². The Kier molecular flexibility index (Phi) is 8.06. The van der Waals surface area contributed by atoms with Crippen LogP contribution in [0.5, 0.6) is 0 Å². The SMILES string of the molecule is CCN(CC)C(=O)c1ccccc1NC(=O)CNCC1CC1.Cl. The van der Waals surface area contributed by atoms with Crippen LogP contribution in [0.1, 0.15) is 37.0 Å². The minimum absolute atomic E-state index is 0. The molecule has 1 fully saturated rings. The molecule has 2 rings (SSSR count). The van der Waals surface area contributed by atoms with Crippen LogP contribution in [0.25, 0.3) is 0 Å². The Bertz CT molecular complexity index is 528. The van der Waals surface area contributed by atoms with Gasteiger partial charge < -0.3 is 15.5 Å². The minimum Gasteiger partial charge on any atom is -0.339 e. The summed E-state index contributed by atoms with van der Waals surface area (Å²) < 4.78 is 0. The Balaban J connectivity index is 0.00000264. The van der Waals surface area contributed by atoms with Crippen molar-refractivity contribution in [1.29, 1.82) is 0 Å². The van der Waals surface area contributed by atoms with Crippen LogP contribution >= 0.6 is 12.4 Å². The number of rotatable bonds is 8. The number of nitrogens with zero attached hydrogens (tertiary/aromatic N) is 1. The summed E-state index contributed by atoms with van der Waals surface area (Å²) >= 11 is 0. The maximum absolute atomic E-state index is 12.5. The normalized spacial score (nSPS) is 13.1. The van der Waals surface area contributed by atoms with Crippen molar-refractivity contribution in [3.05, 3.63) is 29.8 Å². The highest BCUT2D eigenvalue weighted by Gasteiger charge is 2.21. The molecule has 1 aromatic carbocycles. The summed E-state index contributed by atoms with van der Waals surface area (Å²) in [6.07, 6.45) is 2.52. The number of para-hydroxylation sites is 1. The first kappa shape index (κ1) is 19.5. The number of halogens is 1. The van der Waals surface area contributed by atoms with Crippen molar-refractivity contribution in [3.8, 4) is 0 Å². The van der Waals surface area contributed by atoms with Crippen LogP contribution in [0.3, 0.4) is 0 Å². The van der Waals surface area contributed by atoms with E-state index in [2.05, 4.69) is 10.6 Å². The molecule has 0 unspecified atom stereocenters. The van der Waals surface area contributed by atoms with Crippen LogP contribution in [-0.4, -0.2) is 42.9 Å². The lowest BCUT2D eigenvalue weighted by molar-refractivity contribution is -0.115. The molecule has 23 heavy (non-hydrogen) atoms. The molecule has 0 heterocycles. The van der Waals surface area contributed by atoms with Crippen molar-refractivity contribution < 1.29 is 9.59 Å². The fourth-order valence-corrected chi connectivity index (χ4v) is 2.37. The molecule has 0 radical (unpaired) electrons. The van der Waals surface area contributed by atoms with Crippen molar-refractivity contribution >= 4 is 29.9 Å². The predicted molar refractivity (Wildman–Crippen MR) is 95.2 cm³/mol. The van der Waals surface area contributed by atoms with Crippen LogP contribution in [0.2, 0.25) is 0 Å². The third kappa shape index (κ3) is 5.84. The van der Waals surface area contributed by atoms with E-state index < -0.39 is 0 Å². The monoisotopic (exact) mass is 339 g/mol. The van der Waals surface area contributed by atoms with Gasteiger partial charge in [0.05, 0.1) is 17.8 Å². The van der Waals surface area contributed by atoms with E-state index in [1.807, 2.05) is 26.0 Å². The number of benzene rings is 1. The molecule has 0 atom stereocenters. The quantitative estimate of drug-likeness (QED) is 0.765. The van der Waals surface area contributed by atoms with Gasteiger partial charge in [-0.1, -0.05) is 12.1 Å². The first-order valence-electron chi connectivity index (χ1n) is 8.04. The van der Waals surface area contributed by atoms with E-state index in [1.54, 1.807) is 17.0 Å². The smallest absolute Gasteiger partial charge is 0.255 e. The zero-order chi connectivity index (χ0) is 15.9. The summed E-state index contributed by atoms with van der Waals surface area (Å²) in [7, 11) is 0. The Morgan fingerprint density at radius 2 is 1.83 bits per heavy atom. The summed E-state index contributed by atoms with van der Waals surface area (Å²) in [6, 6.07) is 7.17. The van der Waals surface area contributed by atoms with Crippen LogP contribution in [0.15, 0.2) is 24.3 Å². The predicted octanol–water partition coefficient (Wildman–Crippen LogP) is 2.53. The highest BCUT2D eigenvalue weighted by molar-refractivity contribution is 6.04. The standard InChI is InChI=1S/C17H25N3O2.ClH/c1-3-20(4-2)17(22)14-7-5-6-8-15(14)19-16(21)12-18-11-13-9-10-13;/h5-8,13,18H,3-4,9-12H2,1-2H3,(H,19,21);1H. The first-order chi connectivity index (χ1) is 10.7. The molecule has 2 N–H and O–H groups in total. The lowest BCUT2D eigenvalue weighted by Crippen LogP contribution is -2.33. The highest BCUT2D eigenvalue weighted by Crippen LogP contribution is 2.27. The summed E-state index contributed by atoms with van der Waals surface area (Å²) in [5, 5.41) is 5.99. The molecule has 128 valence electrons. The summed E-state index contributed by atoms with van der Waals surface area (Å²) in [5.41, 5.74) is 1.12. The maximum atomic E-state index is 12.5. The number of hydrogen-bond donors (Lipinski definition) is 2. The van der Waals surface area contributed by atoms with Crippen molar-refractivity contribution in [1.82, 2.24) is 10.2 Å².